The zero-order valence-corrected chi connectivity index (χ0v) is 8.91. The van der Waals surface area contributed by atoms with Gasteiger partial charge in [-0.25, -0.2) is 4.79 Å². The number of hydrogen-bond acceptors (Lipinski definition) is 2. The second-order valence-electron chi connectivity index (χ2n) is 3.39. The molecule has 0 aromatic heterocycles. The van der Waals surface area contributed by atoms with Crippen molar-refractivity contribution in [3.05, 3.63) is 28.3 Å². The van der Waals surface area contributed by atoms with E-state index in [0.717, 1.165) is 11.1 Å². The first-order chi connectivity index (χ1) is 7.11. The highest BCUT2D eigenvalue weighted by atomic mass is 35.5. The Hall–Kier alpha value is -1.42. The summed E-state index contributed by atoms with van der Waals surface area (Å²) in [5, 5.41) is 9.36. The molecule has 0 spiro atoms. The molecule has 0 fully saturated rings. The number of carboxylic acid groups (broad SMARTS) is 1. The van der Waals surface area contributed by atoms with Crippen molar-refractivity contribution in [3.8, 4) is 5.75 Å². The van der Waals surface area contributed by atoms with E-state index in [-0.39, 0.29) is 0 Å². The quantitative estimate of drug-likeness (QED) is 0.801. The molecular weight excluding hydrogens is 218 g/mol. The molecule has 80 valence electrons. The van der Waals surface area contributed by atoms with E-state index in [0.29, 0.717) is 23.9 Å². The number of methoxy groups -OCH3 is 1. The Morgan fingerprint density at radius 1 is 1.47 bits per heavy atom. The minimum absolute atomic E-state index is 0.397. The first-order valence-corrected chi connectivity index (χ1v) is 4.82. The van der Waals surface area contributed by atoms with E-state index in [9.17, 15) is 4.79 Å². The summed E-state index contributed by atoms with van der Waals surface area (Å²) in [5.74, 6) is 0.586. The Bertz CT molecular complexity index is 419. The lowest BCUT2D eigenvalue weighted by Gasteiger charge is -2.08. The van der Waals surface area contributed by atoms with E-state index in [2.05, 4.69) is 0 Å². The molecule has 1 aromatic rings. The number of hydrogen-bond donors (Lipinski definition) is 1. The summed E-state index contributed by atoms with van der Waals surface area (Å²) < 4.78 is 5.07. The van der Waals surface area contributed by atoms with Gasteiger partial charge in [0.25, 0.3) is 0 Å². The van der Waals surface area contributed by atoms with Gasteiger partial charge in [0, 0.05) is 13.1 Å². The molecule has 1 aliphatic rings. The maximum absolute atomic E-state index is 10.8. The van der Waals surface area contributed by atoms with Crippen LogP contribution in [0, 0.1) is 0 Å². The molecule has 1 heterocycles. The van der Waals surface area contributed by atoms with Crippen molar-refractivity contribution in [2.24, 2.45) is 0 Å². The van der Waals surface area contributed by atoms with Crippen molar-refractivity contribution in [2.75, 3.05) is 7.11 Å². The molecule has 15 heavy (non-hydrogen) atoms. The first kappa shape index (κ1) is 10.1. The largest absolute Gasteiger partial charge is 0.495 e. The van der Waals surface area contributed by atoms with Crippen molar-refractivity contribution in [3.63, 3.8) is 0 Å². The summed E-state index contributed by atoms with van der Waals surface area (Å²) in [4.78, 5) is 12.1. The molecule has 1 amide bonds. The van der Waals surface area contributed by atoms with Crippen LogP contribution in [-0.4, -0.2) is 23.2 Å². The van der Waals surface area contributed by atoms with Gasteiger partial charge in [-0.2, -0.15) is 0 Å². The van der Waals surface area contributed by atoms with Crippen LogP contribution in [0.15, 0.2) is 12.1 Å². The number of fused-ring (bicyclic) bond motifs is 1. The maximum atomic E-state index is 10.8. The Balaban J connectivity index is 2.35. The number of rotatable bonds is 1. The molecule has 0 bridgehead atoms. The fourth-order valence-electron chi connectivity index (χ4n) is 1.69. The Morgan fingerprint density at radius 2 is 2.07 bits per heavy atom. The summed E-state index contributed by atoms with van der Waals surface area (Å²) in [6.45, 7) is 0.798. The van der Waals surface area contributed by atoms with Crippen LogP contribution in [0.25, 0.3) is 0 Å². The van der Waals surface area contributed by atoms with Crippen molar-refractivity contribution in [2.45, 2.75) is 13.1 Å². The molecule has 1 N–H and O–H groups in total. The fraction of sp³-hybridized carbons (Fsp3) is 0.300. The monoisotopic (exact) mass is 227 g/mol. The standard InChI is InChI=1S/C10H10ClNO3/c1-15-9-3-7-5-12(10(13)14)4-6(7)2-8(9)11/h2-3H,4-5H2,1H3,(H,13,14). The zero-order valence-electron chi connectivity index (χ0n) is 8.16. The van der Waals surface area contributed by atoms with Crippen molar-refractivity contribution in [1.82, 2.24) is 4.90 Å². The Labute approximate surface area is 92.0 Å². The molecule has 1 aromatic carbocycles. The first-order valence-electron chi connectivity index (χ1n) is 4.45. The highest BCUT2D eigenvalue weighted by molar-refractivity contribution is 6.32. The number of halogens is 1. The van der Waals surface area contributed by atoms with E-state index in [1.54, 1.807) is 12.1 Å². The van der Waals surface area contributed by atoms with Crippen LogP contribution < -0.4 is 4.74 Å². The molecule has 1 aliphatic heterocycles. The van der Waals surface area contributed by atoms with Gasteiger partial charge in [0.15, 0.2) is 0 Å². The lowest BCUT2D eigenvalue weighted by Crippen LogP contribution is -2.22. The number of benzene rings is 1. The Kier molecular flexibility index (Phi) is 2.44. The third-order valence-electron chi connectivity index (χ3n) is 2.47. The van der Waals surface area contributed by atoms with Crippen LogP contribution in [0.2, 0.25) is 5.02 Å². The van der Waals surface area contributed by atoms with Gasteiger partial charge in [0.2, 0.25) is 0 Å². The van der Waals surface area contributed by atoms with Crippen LogP contribution >= 0.6 is 11.6 Å². The van der Waals surface area contributed by atoms with Gasteiger partial charge in [0.1, 0.15) is 5.75 Å². The van der Waals surface area contributed by atoms with E-state index in [1.165, 1.54) is 12.0 Å². The molecule has 0 unspecified atom stereocenters. The van der Waals surface area contributed by atoms with Gasteiger partial charge in [-0.15, -0.1) is 0 Å². The van der Waals surface area contributed by atoms with Gasteiger partial charge >= 0.3 is 6.09 Å². The molecule has 2 rings (SSSR count). The van der Waals surface area contributed by atoms with Gasteiger partial charge < -0.3 is 9.84 Å². The lowest BCUT2D eigenvalue weighted by molar-refractivity contribution is 0.145. The van der Waals surface area contributed by atoms with Gasteiger partial charge in [-0.3, -0.25) is 4.90 Å². The molecule has 0 saturated carbocycles. The minimum Gasteiger partial charge on any atom is -0.495 e. The zero-order chi connectivity index (χ0) is 11.0. The molecule has 0 saturated heterocycles. The minimum atomic E-state index is -0.915. The number of nitrogens with zero attached hydrogens (tertiary/aromatic N) is 1. The number of amides is 1. The van der Waals surface area contributed by atoms with Gasteiger partial charge in [0.05, 0.1) is 12.1 Å². The van der Waals surface area contributed by atoms with Crippen molar-refractivity contribution >= 4 is 17.7 Å². The summed E-state index contributed by atoms with van der Waals surface area (Å²) in [6.07, 6.45) is -0.915. The van der Waals surface area contributed by atoms with E-state index >= 15 is 0 Å². The van der Waals surface area contributed by atoms with E-state index < -0.39 is 6.09 Å². The average molecular weight is 228 g/mol. The van der Waals surface area contributed by atoms with E-state index in [4.69, 9.17) is 21.4 Å². The number of ether oxygens (including phenoxy) is 1. The molecule has 0 atom stereocenters. The van der Waals surface area contributed by atoms with Crippen molar-refractivity contribution < 1.29 is 14.6 Å². The predicted molar refractivity (Wildman–Crippen MR) is 55.3 cm³/mol. The smallest absolute Gasteiger partial charge is 0.407 e. The summed E-state index contributed by atoms with van der Waals surface area (Å²) >= 11 is 5.94. The predicted octanol–water partition coefficient (Wildman–Crippen LogP) is 2.34. The summed E-state index contributed by atoms with van der Waals surface area (Å²) in [6, 6.07) is 3.55. The second kappa shape index (κ2) is 3.62. The van der Waals surface area contributed by atoms with Crippen LogP contribution in [-0.2, 0) is 13.1 Å². The second-order valence-corrected chi connectivity index (χ2v) is 3.80. The summed E-state index contributed by atoms with van der Waals surface area (Å²) in [5.41, 5.74) is 1.90. The van der Waals surface area contributed by atoms with Crippen LogP contribution in [0.5, 0.6) is 5.75 Å². The third-order valence-corrected chi connectivity index (χ3v) is 2.76. The van der Waals surface area contributed by atoms with Crippen LogP contribution in [0.4, 0.5) is 4.79 Å². The summed E-state index contributed by atoms with van der Waals surface area (Å²) in [7, 11) is 1.54. The normalized spacial score (nSPS) is 13.9. The average Bonchev–Trinajstić information content (AvgIpc) is 2.59. The third kappa shape index (κ3) is 1.72. The van der Waals surface area contributed by atoms with Crippen LogP contribution in [0.1, 0.15) is 11.1 Å². The van der Waals surface area contributed by atoms with E-state index in [1.807, 2.05) is 0 Å². The maximum Gasteiger partial charge on any atom is 0.407 e. The molecular formula is C10H10ClNO3. The molecule has 0 radical (unpaired) electrons. The lowest BCUT2D eigenvalue weighted by atomic mass is 10.1. The SMILES string of the molecule is COc1cc2c(cc1Cl)CN(C(=O)O)C2. The topological polar surface area (TPSA) is 49.8 Å². The van der Waals surface area contributed by atoms with Crippen molar-refractivity contribution in [1.29, 1.82) is 0 Å². The highest BCUT2D eigenvalue weighted by Gasteiger charge is 2.24. The highest BCUT2D eigenvalue weighted by Crippen LogP contribution is 2.32. The molecule has 5 heteroatoms. The molecule has 0 aliphatic carbocycles. The van der Waals surface area contributed by atoms with Crippen LogP contribution in [0.3, 0.4) is 0 Å². The van der Waals surface area contributed by atoms with Gasteiger partial charge in [-0.05, 0) is 23.3 Å². The van der Waals surface area contributed by atoms with Gasteiger partial charge in [-0.1, -0.05) is 11.6 Å². The number of carbonyl (C=O) groups is 1. The fourth-order valence-corrected chi connectivity index (χ4v) is 1.95. The Morgan fingerprint density at radius 3 is 2.60 bits per heavy atom. The molecule has 4 nitrogen and oxygen atoms in total.